The van der Waals surface area contributed by atoms with Gasteiger partial charge in [-0.2, -0.15) is 0 Å². The Labute approximate surface area is 78.7 Å². The molecule has 2 atom stereocenters. The molecule has 0 saturated heterocycles. The molecule has 0 saturated carbocycles. The molecular formula is C11H15NO. The van der Waals surface area contributed by atoms with Gasteiger partial charge in [0.15, 0.2) is 0 Å². The molecule has 2 N–H and O–H groups in total. The number of benzene rings is 1. The van der Waals surface area contributed by atoms with E-state index >= 15 is 0 Å². The molecule has 0 spiro atoms. The molecule has 0 aliphatic carbocycles. The molecule has 70 valence electrons. The summed E-state index contributed by atoms with van der Waals surface area (Å²) in [4.78, 5) is 0. The molecule has 0 aromatic heterocycles. The molecule has 2 unspecified atom stereocenters. The number of hydrogen-bond acceptors (Lipinski definition) is 2. The number of hydrogen-bond donors (Lipinski definition) is 1. The van der Waals surface area contributed by atoms with Gasteiger partial charge >= 0.3 is 0 Å². The summed E-state index contributed by atoms with van der Waals surface area (Å²) in [6, 6.07) is 8.31. The highest BCUT2D eigenvalue weighted by molar-refractivity contribution is 5.35. The van der Waals surface area contributed by atoms with Crippen LogP contribution in [0.2, 0.25) is 0 Å². The van der Waals surface area contributed by atoms with Gasteiger partial charge in [0.2, 0.25) is 0 Å². The van der Waals surface area contributed by atoms with Crippen LogP contribution in [0.1, 0.15) is 18.9 Å². The van der Waals surface area contributed by atoms with Crippen LogP contribution in [0.4, 0.5) is 0 Å². The molecule has 0 bridgehead atoms. The van der Waals surface area contributed by atoms with E-state index in [0.717, 1.165) is 18.6 Å². The van der Waals surface area contributed by atoms with Crippen LogP contribution in [0, 0.1) is 0 Å². The minimum Gasteiger partial charge on any atom is -0.489 e. The average Bonchev–Trinajstić information content (AvgIpc) is 2.17. The average molecular weight is 177 g/mol. The summed E-state index contributed by atoms with van der Waals surface area (Å²) < 4.78 is 5.77. The largest absolute Gasteiger partial charge is 0.489 e. The third-order valence-electron chi connectivity index (χ3n) is 2.54. The first kappa shape index (κ1) is 8.57. The van der Waals surface area contributed by atoms with Gasteiger partial charge in [0.05, 0.1) is 0 Å². The summed E-state index contributed by atoms with van der Waals surface area (Å²) in [5, 5.41) is 0. The number of para-hydroxylation sites is 1. The van der Waals surface area contributed by atoms with E-state index in [0.29, 0.717) is 0 Å². The Bertz CT molecular complexity index is 296. The van der Waals surface area contributed by atoms with Gasteiger partial charge in [0, 0.05) is 6.04 Å². The van der Waals surface area contributed by atoms with Crippen molar-refractivity contribution in [3.8, 4) is 5.75 Å². The van der Waals surface area contributed by atoms with Gasteiger partial charge in [-0.25, -0.2) is 0 Å². The van der Waals surface area contributed by atoms with Crippen LogP contribution >= 0.6 is 0 Å². The highest BCUT2D eigenvalue weighted by Gasteiger charge is 2.21. The van der Waals surface area contributed by atoms with Crippen LogP contribution in [0.25, 0.3) is 0 Å². The molecule has 2 rings (SSSR count). The zero-order valence-electron chi connectivity index (χ0n) is 7.86. The Morgan fingerprint density at radius 1 is 1.46 bits per heavy atom. The van der Waals surface area contributed by atoms with Crippen LogP contribution in [-0.2, 0) is 6.42 Å². The van der Waals surface area contributed by atoms with Crippen LogP contribution in [0.5, 0.6) is 5.75 Å². The number of aryl methyl sites for hydroxylation is 1. The molecule has 2 heteroatoms. The lowest BCUT2D eigenvalue weighted by Gasteiger charge is -2.28. The van der Waals surface area contributed by atoms with Crippen LogP contribution in [0.3, 0.4) is 0 Å². The summed E-state index contributed by atoms with van der Waals surface area (Å²) in [6.07, 6.45) is 2.31. The van der Waals surface area contributed by atoms with E-state index in [1.165, 1.54) is 5.56 Å². The Morgan fingerprint density at radius 3 is 3.00 bits per heavy atom. The maximum absolute atomic E-state index is 5.80. The first-order valence-corrected chi connectivity index (χ1v) is 4.77. The fourth-order valence-electron chi connectivity index (χ4n) is 1.72. The van der Waals surface area contributed by atoms with E-state index in [4.69, 9.17) is 10.5 Å². The number of nitrogens with two attached hydrogens (primary N) is 1. The SMILES string of the molecule is CC(N)C1CCc2ccccc2O1. The number of fused-ring (bicyclic) bond motifs is 1. The van der Waals surface area contributed by atoms with Gasteiger partial charge in [0.1, 0.15) is 11.9 Å². The molecule has 1 heterocycles. The summed E-state index contributed by atoms with van der Waals surface area (Å²) in [5.41, 5.74) is 7.10. The zero-order chi connectivity index (χ0) is 9.26. The van der Waals surface area contributed by atoms with Gasteiger partial charge in [-0.3, -0.25) is 0 Å². The van der Waals surface area contributed by atoms with Crippen LogP contribution in [-0.4, -0.2) is 12.1 Å². The number of rotatable bonds is 1. The summed E-state index contributed by atoms with van der Waals surface area (Å²) in [5.74, 6) is 1.01. The van der Waals surface area contributed by atoms with Gasteiger partial charge in [0.25, 0.3) is 0 Å². The molecule has 0 fully saturated rings. The Hall–Kier alpha value is -1.02. The molecule has 1 aromatic rings. The lowest BCUT2D eigenvalue weighted by atomic mass is 9.99. The van der Waals surface area contributed by atoms with Crippen molar-refractivity contribution >= 4 is 0 Å². The summed E-state index contributed by atoms with van der Waals surface area (Å²) in [7, 11) is 0. The second kappa shape index (κ2) is 3.38. The molecule has 0 radical (unpaired) electrons. The topological polar surface area (TPSA) is 35.2 Å². The smallest absolute Gasteiger partial charge is 0.122 e. The van der Waals surface area contributed by atoms with Crippen LogP contribution < -0.4 is 10.5 Å². The van der Waals surface area contributed by atoms with Gasteiger partial charge in [-0.05, 0) is 31.4 Å². The van der Waals surface area contributed by atoms with E-state index in [1.807, 2.05) is 25.1 Å². The second-order valence-corrected chi connectivity index (χ2v) is 3.66. The molecule has 1 aliphatic heterocycles. The Kier molecular flexibility index (Phi) is 2.23. The van der Waals surface area contributed by atoms with Crippen molar-refractivity contribution < 1.29 is 4.74 Å². The lowest BCUT2D eigenvalue weighted by molar-refractivity contribution is 0.151. The van der Waals surface area contributed by atoms with Crippen molar-refractivity contribution in [3.63, 3.8) is 0 Å². The first-order valence-electron chi connectivity index (χ1n) is 4.77. The van der Waals surface area contributed by atoms with Gasteiger partial charge < -0.3 is 10.5 Å². The van der Waals surface area contributed by atoms with Crippen LogP contribution in [0.15, 0.2) is 24.3 Å². The quantitative estimate of drug-likeness (QED) is 0.709. The maximum Gasteiger partial charge on any atom is 0.122 e. The van der Waals surface area contributed by atoms with E-state index in [1.54, 1.807) is 0 Å². The Balaban J connectivity index is 2.20. The third kappa shape index (κ3) is 1.68. The van der Waals surface area contributed by atoms with Crippen molar-refractivity contribution in [2.75, 3.05) is 0 Å². The van der Waals surface area contributed by atoms with Crippen molar-refractivity contribution in [3.05, 3.63) is 29.8 Å². The van der Waals surface area contributed by atoms with Gasteiger partial charge in [-0.15, -0.1) is 0 Å². The number of ether oxygens (including phenoxy) is 1. The van der Waals surface area contributed by atoms with E-state index in [-0.39, 0.29) is 12.1 Å². The minimum absolute atomic E-state index is 0.119. The fraction of sp³-hybridized carbons (Fsp3) is 0.455. The lowest BCUT2D eigenvalue weighted by Crippen LogP contribution is -2.38. The molecular weight excluding hydrogens is 162 g/mol. The molecule has 13 heavy (non-hydrogen) atoms. The van der Waals surface area contributed by atoms with Crippen molar-refractivity contribution in [2.45, 2.75) is 31.9 Å². The third-order valence-corrected chi connectivity index (χ3v) is 2.54. The monoisotopic (exact) mass is 177 g/mol. The van der Waals surface area contributed by atoms with Crippen molar-refractivity contribution in [2.24, 2.45) is 5.73 Å². The highest BCUT2D eigenvalue weighted by Crippen LogP contribution is 2.27. The normalized spacial score (nSPS) is 23.1. The Morgan fingerprint density at radius 2 is 2.23 bits per heavy atom. The summed E-state index contributed by atoms with van der Waals surface area (Å²) >= 11 is 0. The second-order valence-electron chi connectivity index (χ2n) is 3.66. The molecule has 2 nitrogen and oxygen atoms in total. The first-order chi connectivity index (χ1) is 6.27. The van der Waals surface area contributed by atoms with E-state index < -0.39 is 0 Å². The minimum atomic E-state index is 0.119. The molecule has 0 amide bonds. The van der Waals surface area contributed by atoms with E-state index in [9.17, 15) is 0 Å². The molecule has 1 aromatic carbocycles. The van der Waals surface area contributed by atoms with E-state index in [2.05, 4.69) is 6.07 Å². The zero-order valence-corrected chi connectivity index (χ0v) is 7.86. The standard InChI is InChI=1S/C11H15NO/c1-8(12)10-7-6-9-4-2-3-5-11(9)13-10/h2-5,8,10H,6-7,12H2,1H3. The van der Waals surface area contributed by atoms with Crippen molar-refractivity contribution in [1.29, 1.82) is 0 Å². The summed E-state index contributed by atoms with van der Waals surface area (Å²) in [6.45, 7) is 2.00. The fourth-order valence-corrected chi connectivity index (χ4v) is 1.72. The highest BCUT2D eigenvalue weighted by atomic mass is 16.5. The molecule has 1 aliphatic rings. The predicted octanol–water partition coefficient (Wildman–Crippen LogP) is 1.73. The van der Waals surface area contributed by atoms with Gasteiger partial charge in [-0.1, -0.05) is 18.2 Å². The maximum atomic E-state index is 5.80. The van der Waals surface area contributed by atoms with Crippen molar-refractivity contribution in [1.82, 2.24) is 0 Å². The predicted molar refractivity (Wildman–Crippen MR) is 52.8 cm³/mol.